The molecule has 57 heavy (non-hydrogen) atoms. The van der Waals surface area contributed by atoms with Gasteiger partial charge < -0.3 is 20.2 Å². The third kappa shape index (κ3) is 7.80. The Hall–Kier alpha value is -5.48. The maximum Gasteiger partial charge on any atom is 0.355 e. The van der Waals surface area contributed by atoms with Crippen LogP contribution in [-0.4, -0.2) is 61.4 Å². The first-order chi connectivity index (χ1) is 27.9. The molecule has 4 aromatic carbocycles. The lowest BCUT2D eigenvalue weighted by molar-refractivity contribution is -0.150. The molecule has 1 fully saturated rings. The maximum atomic E-state index is 13.8. The molecule has 0 aliphatic carbocycles. The Labute approximate surface area is 347 Å². The number of hydrogen-bond acceptors (Lipinski definition) is 13. The molecule has 288 valence electrons. The first-order valence-electron chi connectivity index (χ1n) is 17.9. The van der Waals surface area contributed by atoms with Crippen molar-refractivity contribution in [2.45, 2.75) is 29.4 Å². The second-order valence-corrected chi connectivity index (χ2v) is 16.5. The minimum atomic E-state index is -0.802. The van der Waals surface area contributed by atoms with Crippen molar-refractivity contribution >= 4 is 82.0 Å². The van der Waals surface area contributed by atoms with Gasteiger partial charge in [0.1, 0.15) is 30.6 Å². The van der Waals surface area contributed by atoms with E-state index in [-0.39, 0.29) is 23.6 Å². The number of fused-ring (bicyclic) bond motifs is 1. The fourth-order valence-corrected chi connectivity index (χ4v) is 10.1. The molecule has 0 bridgehead atoms. The van der Waals surface area contributed by atoms with E-state index in [0.29, 0.717) is 28.7 Å². The zero-order valence-corrected chi connectivity index (χ0v) is 33.8. The molecule has 11 nitrogen and oxygen atoms in total. The number of thioether (sulfide) groups is 2. The van der Waals surface area contributed by atoms with Crippen molar-refractivity contribution in [1.29, 1.82) is 0 Å². The standard InChI is InChI=1S/C42H36N6O5S4/c1-52-46-37(32-25-56-40(43-32)45-42(29-11-5-2-6-12-29,30-13-7-3-8-14-30)31-15-9-4-10-16-31)38(50)44-41-48(54)34(26-57-41)28-19-17-27(18-20-28)24-53-39(51)33-21-22-55-36-23-35(49)47(33)36/h2-21,25-26,36,41,54H,22-24H2,1H3,(H,43,45)(H,44,50)/t36-,41?/m0/s1. The Kier molecular flexibility index (Phi) is 11.4. The van der Waals surface area contributed by atoms with E-state index >= 15 is 0 Å². The molecule has 3 aliphatic rings. The van der Waals surface area contributed by atoms with Crippen molar-refractivity contribution in [1.82, 2.24) is 19.5 Å². The molecular formula is C42H36N6O5S4. The number of nitrogens with zero attached hydrogens (tertiary/aromatic N) is 4. The number of amides is 2. The second kappa shape index (κ2) is 16.9. The molecule has 15 heteroatoms. The van der Waals surface area contributed by atoms with Gasteiger partial charge in [0.2, 0.25) is 5.91 Å². The molecular weight excluding hydrogens is 797 g/mol. The van der Waals surface area contributed by atoms with E-state index in [1.165, 1.54) is 35.1 Å². The van der Waals surface area contributed by atoms with Gasteiger partial charge in [-0.2, -0.15) is 0 Å². The Balaban J connectivity index is 0.943. The molecule has 0 radical (unpaired) electrons. The molecule has 3 aliphatic heterocycles. The van der Waals surface area contributed by atoms with Crippen molar-refractivity contribution in [3.63, 3.8) is 0 Å². The van der Waals surface area contributed by atoms with Gasteiger partial charge in [-0.3, -0.25) is 18.8 Å². The summed E-state index contributed by atoms with van der Waals surface area (Å²) < 4.78 is 7.21. The Morgan fingerprint density at radius 2 is 1.56 bits per heavy atom. The van der Waals surface area contributed by atoms with Crippen molar-refractivity contribution in [3.8, 4) is 0 Å². The van der Waals surface area contributed by atoms with Gasteiger partial charge in [0.25, 0.3) is 5.91 Å². The lowest BCUT2D eigenvalue weighted by Crippen LogP contribution is -2.53. The fourth-order valence-electron chi connectivity index (χ4n) is 6.84. The number of anilines is 1. The van der Waals surface area contributed by atoms with Crippen LogP contribution in [0, 0.1) is 0 Å². The van der Waals surface area contributed by atoms with Crippen LogP contribution in [0.25, 0.3) is 5.70 Å². The fraction of sp³-hybridized carbons (Fsp3) is 0.167. The summed E-state index contributed by atoms with van der Waals surface area (Å²) >= 11 is 9.12. The van der Waals surface area contributed by atoms with Crippen LogP contribution in [0.1, 0.15) is 39.9 Å². The highest BCUT2D eigenvalue weighted by atomic mass is 32.2. The highest BCUT2D eigenvalue weighted by molar-refractivity contribution is 8.03. The van der Waals surface area contributed by atoms with E-state index in [2.05, 4.69) is 52.2 Å². The number of thiol groups is 1. The number of aromatic nitrogens is 1. The normalized spacial score (nSPS) is 17.9. The SMILES string of the molecule is CON=C(C(=O)NC1SC=C(c2ccc(COC(=O)C3=CCS[C@H]4CC(=O)N34)cc2)N1S)c1csc(NC(c2ccccc2)(c2ccccc2)c2ccccc2)n1. The smallest absolute Gasteiger partial charge is 0.355 e. The van der Waals surface area contributed by atoms with Gasteiger partial charge >= 0.3 is 5.97 Å². The van der Waals surface area contributed by atoms with Crippen LogP contribution >= 0.6 is 47.7 Å². The molecule has 8 rings (SSSR count). The molecule has 5 aromatic rings. The monoisotopic (exact) mass is 832 g/mol. The lowest BCUT2D eigenvalue weighted by atomic mass is 9.77. The van der Waals surface area contributed by atoms with Crippen molar-refractivity contribution in [2.24, 2.45) is 5.16 Å². The highest BCUT2D eigenvalue weighted by Crippen LogP contribution is 2.41. The summed E-state index contributed by atoms with van der Waals surface area (Å²) in [6.45, 7) is 0.0641. The summed E-state index contributed by atoms with van der Waals surface area (Å²) in [6.07, 6.45) is 2.19. The third-order valence-electron chi connectivity index (χ3n) is 9.65. The minimum absolute atomic E-state index is 0.0120. The predicted molar refractivity (Wildman–Crippen MR) is 229 cm³/mol. The predicted octanol–water partition coefficient (Wildman–Crippen LogP) is 7.42. The van der Waals surface area contributed by atoms with Crippen molar-refractivity contribution < 1.29 is 24.0 Å². The minimum Gasteiger partial charge on any atom is -0.456 e. The average Bonchev–Trinajstić information content (AvgIpc) is 3.87. The number of β-lactam (4-membered cyclic amide) rings is 1. The number of esters is 1. The number of rotatable bonds is 13. The van der Waals surface area contributed by atoms with Crippen molar-refractivity contribution in [3.05, 3.63) is 171 Å². The lowest BCUT2D eigenvalue weighted by Gasteiger charge is -2.42. The van der Waals surface area contributed by atoms with E-state index in [4.69, 9.17) is 27.4 Å². The first kappa shape index (κ1) is 38.4. The molecule has 4 heterocycles. The molecule has 1 saturated heterocycles. The summed E-state index contributed by atoms with van der Waals surface area (Å²) in [6, 6.07) is 38.1. The van der Waals surface area contributed by atoms with Gasteiger partial charge in [-0.1, -0.05) is 145 Å². The summed E-state index contributed by atoms with van der Waals surface area (Å²) in [5.41, 5.74) is 4.78. The summed E-state index contributed by atoms with van der Waals surface area (Å²) in [5.74, 6) is -0.385. The number of thiazole rings is 1. The van der Waals surface area contributed by atoms with Crippen LogP contribution in [0.2, 0.25) is 0 Å². The Morgan fingerprint density at radius 3 is 2.16 bits per heavy atom. The number of carbonyl (C=O) groups is 3. The van der Waals surface area contributed by atoms with Crippen LogP contribution in [0.4, 0.5) is 5.13 Å². The van der Waals surface area contributed by atoms with Gasteiger partial charge in [0.15, 0.2) is 16.3 Å². The molecule has 1 aromatic heterocycles. The van der Waals surface area contributed by atoms with Gasteiger partial charge in [-0.25, -0.2) is 9.78 Å². The van der Waals surface area contributed by atoms with Gasteiger partial charge in [0, 0.05) is 11.1 Å². The summed E-state index contributed by atoms with van der Waals surface area (Å²) in [5, 5.41) is 15.1. The first-order valence-corrected chi connectivity index (χ1v) is 21.2. The Bertz CT molecular complexity index is 2260. The van der Waals surface area contributed by atoms with Crippen LogP contribution in [0.15, 0.2) is 143 Å². The molecule has 1 unspecified atom stereocenters. The number of nitrogens with one attached hydrogen (secondary N) is 2. The number of ether oxygens (including phenoxy) is 1. The quantitative estimate of drug-likeness (QED) is 0.0276. The van der Waals surface area contributed by atoms with Crippen LogP contribution in [0.3, 0.4) is 0 Å². The van der Waals surface area contributed by atoms with E-state index < -0.39 is 22.9 Å². The summed E-state index contributed by atoms with van der Waals surface area (Å²) in [7, 11) is 1.39. The largest absolute Gasteiger partial charge is 0.456 e. The molecule has 2 atom stereocenters. The number of benzene rings is 4. The molecule has 0 saturated carbocycles. The van der Waals surface area contributed by atoms with E-state index in [9.17, 15) is 14.4 Å². The van der Waals surface area contributed by atoms with E-state index in [1.54, 1.807) is 27.5 Å². The van der Waals surface area contributed by atoms with Gasteiger partial charge in [0.05, 0.1) is 17.5 Å². The maximum absolute atomic E-state index is 13.8. The molecule has 0 spiro atoms. The Morgan fingerprint density at radius 1 is 0.930 bits per heavy atom. The summed E-state index contributed by atoms with van der Waals surface area (Å²) in [4.78, 5) is 50.2. The van der Waals surface area contributed by atoms with Crippen LogP contribution in [-0.2, 0) is 36.1 Å². The molecule has 2 amide bonds. The average molecular weight is 833 g/mol. The van der Waals surface area contributed by atoms with Crippen molar-refractivity contribution in [2.75, 3.05) is 18.2 Å². The van der Waals surface area contributed by atoms with E-state index in [0.717, 1.165) is 33.5 Å². The molecule has 2 N–H and O–H groups in total. The van der Waals surface area contributed by atoms with Crippen LogP contribution < -0.4 is 10.6 Å². The number of hydrogen-bond donors (Lipinski definition) is 3. The number of carbonyl (C=O) groups excluding carboxylic acids is 3. The van der Waals surface area contributed by atoms with E-state index in [1.807, 2.05) is 84.3 Å². The zero-order valence-electron chi connectivity index (χ0n) is 30.5. The topological polar surface area (TPSA) is 125 Å². The van der Waals surface area contributed by atoms with Gasteiger partial charge in [-0.15, -0.1) is 23.1 Å². The van der Waals surface area contributed by atoms with Crippen LogP contribution in [0.5, 0.6) is 0 Å². The third-order valence-corrected chi connectivity index (χ3v) is 13.1. The number of oxime groups is 1. The second-order valence-electron chi connectivity index (χ2n) is 13.1. The highest BCUT2D eigenvalue weighted by Gasteiger charge is 2.43. The zero-order chi connectivity index (χ0) is 39.4. The van der Waals surface area contributed by atoms with Gasteiger partial charge in [-0.05, 0) is 39.3 Å².